The van der Waals surface area contributed by atoms with E-state index in [9.17, 15) is 4.79 Å². The number of carbonyl (C=O) groups is 1. The molecule has 4 aromatic rings. The van der Waals surface area contributed by atoms with E-state index >= 15 is 0 Å². The van der Waals surface area contributed by atoms with E-state index in [1.807, 2.05) is 24.4 Å². The third-order valence-corrected chi connectivity index (χ3v) is 7.09. The minimum absolute atomic E-state index is 0.000116. The molecule has 7 heteroatoms. The maximum absolute atomic E-state index is 12.8. The first-order chi connectivity index (χ1) is 15.7. The number of likely N-dealkylation sites (tertiary alicyclic amines) is 1. The van der Waals surface area contributed by atoms with Crippen LogP contribution in [0.4, 0.5) is 5.82 Å². The number of hydrogen-bond acceptors (Lipinski definition) is 4. The molecule has 0 spiro atoms. The van der Waals surface area contributed by atoms with E-state index in [2.05, 4.69) is 61.8 Å². The van der Waals surface area contributed by atoms with Gasteiger partial charge < -0.3 is 20.2 Å². The number of rotatable bonds is 4. The lowest BCUT2D eigenvalue weighted by atomic mass is 9.72. The molecule has 3 aromatic heterocycles. The van der Waals surface area contributed by atoms with Gasteiger partial charge in [0.05, 0.1) is 5.69 Å². The van der Waals surface area contributed by atoms with E-state index in [4.69, 9.17) is 0 Å². The largest absolute Gasteiger partial charge is 0.361 e. The summed E-state index contributed by atoms with van der Waals surface area (Å²) >= 11 is 0. The van der Waals surface area contributed by atoms with Gasteiger partial charge in [0.2, 0.25) is 5.91 Å². The van der Waals surface area contributed by atoms with Crippen molar-refractivity contribution in [3.8, 4) is 11.4 Å². The summed E-state index contributed by atoms with van der Waals surface area (Å²) in [5.74, 6) is 1.26. The standard InChI is InChI=1S/C25H26N6O/c1-31-14-15(10-18-17-4-2-5-21-25(17)16(13-27-21)12-22(18)31)11-24(32)28-23-8-7-20(29-30-23)19-6-3-9-26-19/h2-9,13,15,18,22,26-27H,10-12,14H2,1H3,(H,28,30,32)/t15-,18?,22+/m0/s1. The molecule has 1 fully saturated rings. The van der Waals surface area contributed by atoms with Crippen LogP contribution >= 0.6 is 0 Å². The maximum atomic E-state index is 12.8. The second-order valence-electron chi connectivity index (χ2n) is 9.14. The van der Waals surface area contributed by atoms with Gasteiger partial charge in [0.15, 0.2) is 5.82 Å². The molecular weight excluding hydrogens is 400 g/mol. The number of nitrogens with zero attached hydrogens (tertiary/aromatic N) is 3. The lowest BCUT2D eigenvalue weighted by Gasteiger charge is -2.45. The van der Waals surface area contributed by atoms with Crippen molar-refractivity contribution in [1.82, 2.24) is 25.1 Å². The summed E-state index contributed by atoms with van der Waals surface area (Å²) in [7, 11) is 2.20. The minimum Gasteiger partial charge on any atom is -0.361 e. The van der Waals surface area contributed by atoms with Crippen molar-refractivity contribution < 1.29 is 4.79 Å². The fourth-order valence-corrected chi connectivity index (χ4v) is 5.69. The Hall–Kier alpha value is -3.45. The molecule has 0 saturated carbocycles. The minimum atomic E-state index is 0.000116. The first kappa shape index (κ1) is 19.3. The number of aromatic nitrogens is 4. The predicted octanol–water partition coefficient (Wildman–Crippen LogP) is 3.94. The monoisotopic (exact) mass is 426 g/mol. The molecule has 3 atom stereocenters. The van der Waals surface area contributed by atoms with Gasteiger partial charge in [-0.15, -0.1) is 10.2 Å². The van der Waals surface area contributed by atoms with Crippen LogP contribution in [0, 0.1) is 5.92 Å². The van der Waals surface area contributed by atoms with Crippen molar-refractivity contribution in [3.63, 3.8) is 0 Å². The van der Waals surface area contributed by atoms with Crippen LogP contribution in [0.25, 0.3) is 22.3 Å². The van der Waals surface area contributed by atoms with E-state index in [-0.39, 0.29) is 5.91 Å². The highest BCUT2D eigenvalue weighted by atomic mass is 16.1. The maximum Gasteiger partial charge on any atom is 0.225 e. The average molecular weight is 427 g/mol. The zero-order valence-electron chi connectivity index (χ0n) is 18.0. The zero-order chi connectivity index (χ0) is 21.7. The quantitative estimate of drug-likeness (QED) is 0.461. The topological polar surface area (TPSA) is 89.7 Å². The molecule has 0 radical (unpaired) electrons. The highest BCUT2D eigenvalue weighted by molar-refractivity contribution is 5.90. The van der Waals surface area contributed by atoms with Gasteiger partial charge in [0, 0.05) is 48.2 Å². The summed E-state index contributed by atoms with van der Waals surface area (Å²) in [5.41, 5.74) is 5.73. The number of piperidine rings is 1. The van der Waals surface area contributed by atoms with Crippen LogP contribution in [0.1, 0.15) is 29.9 Å². The molecule has 1 aromatic carbocycles. The molecule has 1 aliphatic heterocycles. The number of likely N-dealkylation sites (N-methyl/N-ethyl adjacent to an activating group) is 1. The van der Waals surface area contributed by atoms with Crippen LogP contribution in [0.3, 0.4) is 0 Å². The van der Waals surface area contributed by atoms with Gasteiger partial charge in [0.25, 0.3) is 0 Å². The van der Waals surface area contributed by atoms with Gasteiger partial charge in [-0.3, -0.25) is 4.79 Å². The lowest BCUT2D eigenvalue weighted by molar-refractivity contribution is -0.117. The van der Waals surface area contributed by atoms with Crippen molar-refractivity contribution in [2.24, 2.45) is 5.92 Å². The van der Waals surface area contributed by atoms with Crippen molar-refractivity contribution >= 4 is 22.6 Å². The number of anilines is 1. The van der Waals surface area contributed by atoms with Gasteiger partial charge in [-0.1, -0.05) is 12.1 Å². The molecule has 32 heavy (non-hydrogen) atoms. The normalized spacial score (nSPS) is 22.6. The molecule has 3 N–H and O–H groups in total. The van der Waals surface area contributed by atoms with Crippen molar-refractivity contribution in [2.45, 2.75) is 31.2 Å². The van der Waals surface area contributed by atoms with Crippen LogP contribution in [-0.2, 0) is 11.2 Å². The highest BCUT2D eigenvalue weighted by Crippen LogP contribution is 2.44. The fourth-order valence-electron chi connectivity index (χ4n) is 5.69. The fraction of sp³-hybridized carbons (Fsp3) is 0.320. The van der Waals surface area contributed by atoms with Gasteiger partial charge in [0.1, 0.15) is 5.69 Å². The molecule has 7 nitrogen and oxygen atoms in total. The molecule has 1 aliphatic carbocycles. The Morgan fingerprint density at radius 3 is 2.91 bits per heavy atom. The summed E-state index contributed by atoms with van der Waals surface area (Å²) in [6, 6.07) is 14.6. The summed E-state index contributed by atoms with van der Waals surface area (Å²) < 4.78 is 0. The Morgan fingerprint density at radius 2 is 2.09 bits per heavy atom. The first-order valence-electron chi connectivity index (χ1n) is 11.2. The predicted molar refractivity (Wildman–Crippen MR) is 124 cm³/mol. The second kappa shape index (κ2) is 7.60. The summed E-state index contributed by atoms with van der Waals surface area (Å²) in [4.78, 5) is 21.8. The molecule has 0 bridgehead atoms. The van der Waals surface area contributed by atoms with Gasteiger partial charge in [-0.2, -0.15) is 0 Å². The van der Waals surface area contributed by atoms with Gasteiger partial charge in [-0.05, 0) is 67.3 Å². The second-order valence-corrected chi connectivity index (χ2v) is 9.14. The summed E-state index contributed by atoms with van der Waals surface area (Å²) in [5, 5.41) is 12.7. The third kappa shape index (κ3) is 3.29. The average Bonchev–Trinajstić information content (AvgIpc) is 3.47. The molecule has 1 saturated heterocycles. The van der Waals surface area contributed by atoms with E-state index in [1.165, 1.54) is 22.0 Å². The molecule has 2 aliphatic rings. The molecular formula is C25H26N6O. The Balaban J connectivity index is 1.15. The van der Waals surface area contributed by atoms with Crippen LogP contribution in [0.5, 0.6) is 0 Å². The SMILES string of the molecule is CN1C[C@H](CC(=O)Nc2ccc(-c3ccc[nH]3)nn2)CC2c3cccc4[nH]cc(c34)C[C@H]21. The smallest absolute Gasteiger partial charge is 0.225 e. The Morgan fingerprint density at radius 1 is 1.16 bits per heavy atom. The van der Waals surface area contributed by atoms with E-state index < -0.39 is 0 Å². The van der Waals surface area contributed by atoms with Crippen LogP contribution in [0.15, 0.2) is 54.9 Å². The van der Waals surface area contributed by atoms with Crippen LogP contribution < -0.4 is 5.32 Å². The zero-order valence-corrected chi connectivity index (χ0v) is 18.0. The first-order valence-corrected chi connectivity index (χ1v) is 11.2. The molecule has 1 unspecified atom stereocenters. The van der Waals surface area contributed by atoms with Crippen molar-refractivity contribution in [2.75, 3.05) is 18.9 Å². The van der Waals surface area contributed by atoms with Gasteiger partial charge >= 0.3 is 0 Å². The van der Waals surface area contributed by atoms with Crippen LogP contribution in [0.2, 0.25) is 0 Å². The van der Waals surface area contributed by atoms with E-state index in [0.29, 0.717) is 30.1 Å². The number of nitrogens with one attached hydrogen (secondary N) is 3. The summed E-state index contributed by atoms with van der Waals surface area (Å²) in [6.07, 6.45) is 6.61. The van der Waals surface area contributed by atoms with Crippen molar-refractivity contribution in [1.29, 1.82) is 0 Å². The molecule has 4 heterocycles. The number of hydrogen-bond donors (Lipinski definition) is 3. The number of fused-ring (bicyclic) bond motifs is 2. The number of H-pyrrole nitrogens is 2. The van der Waals surface area contributed by atoms with Crippen molar-refractivity contribution in [3.05, 3.63) is 66.0 Å². The molecule has 1 amide bonds. The Labute approximate surface area is 186 Å². The molecule has 162 valence electrons. The highest BCUT2D eigenvalue weighted by Gasteiger charge is 2.39. The summed E-state index contributed by atoms with van der Waals surface area (Å²) in [6.45, 7) is 0.932. The third-order valence-electron chi connectivity index (χ3n) is 7.09. The number of benzene rings is 1. The number of amides is 1. The Bertz CT molecular complexity index is 1260. The van der Waals surface area contributed by atoms with Gasteiger partial charge in [-0.25, -0.2) is 0 Å². The Kier molecular flexibility index (Phi) is 4.57. The molecule has 6 rings (SSSR count). The van der Waals surface area contributed by atoms with E-state index in [0.717, 1.165) is 30.8 Å². The number of aromatic amines is 2. The van der Waals surface area contributed by atoms with E-state index in [1.54, 1.807) is 6.07 Å². The number of carbonyl (C=O) groups excluding carboxylic acids is 1. The van der Waals surface area contributed by atoms with Crippen LogP contribution in [-0.4, -0.2) is 50.6 Å². The lowest BCUT2D eigenvalue weighted by Crippen LogP contribution is -2.48.